The van der Waals surface area contributed by atoms with Crippen LogP contribution in [0.15, 0.2) is 52.9 Å². The molecule has 6 nitrogen and oxygen atoms in total. The van der Waals surface area contributed by atoms with Crippen molar-refractivity contribution in [3.05, 3.63) is 66.3 Å². The Kier molecular flexibility index (Phi) is 3.78. The average molecular weight is 297 g/mol. The summed E-state index contributed by atoms with van der Waals surface area (Å²) in [4.78, 5) is 11.9. The molecule has 109 valence electrons. The van der Waals surface area contributed by atoms with E-state index in [4.69, 9.17) is 4.42 Å². The lowest BCUT2D eigenvalue weighted by molar-refractivity contribution is 0.0991. The summed E-state index contributed by atoms with van der Waals surface area (Å²) in [5.74, 6) is -1.26. The first-order chi connectivity index (χ1) is 10.7. The molecule has 0 saturated heterocycles. The van der Waals surface area contributed by atoms with Gasteiger partial charge in [0.1, 0.15) is 5.82 Å². The van der Waals surface area contributed by atoms with Crippen molar-refractivity contribution >= 4 is 23.3 Å². The number of amides is 1. The fraction of sp³-hybridized carbons (Fsp3) is 0. The van der Waals surface area contributed by atoms with Gasteiger partial charge in [-0.2, -0.15) is 0 Å². The maximum Gasteiger partial charge on any atom is 0.320 e. The minimum atomic E-state index is -0.561. The number of halogens is 1. The van der Waals surface area contributed by atoms with Crippen molar-refractivity contribution < 1.29 is 13.6 Å². The Morgan fingerprint density at radius 3 is 2.82 bits per heavy atom. The van der Waals surface area contributed by atoms with E-state index in [1.54, 1.807) is 36.4 Å². The number of nitrogens with zero attached hydrogens (tertiary/aromatic N) is 2. The maximum atomic E-state index is 13.5. The lowest BCUT2D eigenvalue weighted by Crippen LogP contribution is -2.12. The number of para-hydroxylation sites is 1. The Balaban J connectivity index is 1.71. The molecule has 1 amide bonds. The van der Waals surface area contributed by atoms with E-state index in [0.717, 1.165) is 0 Å². The summed E-state index contributed by atoms with van der Waals surface area (Å²) >= 11 is 0. The number of aromatic nitrogens is 2. The van der Waals surface area contributed by atoms with Crippen LogP contribution in [0.1, 0.15) is 10.7 Å². The van der Waals surface area contributed by atoms with Gasteiger partial charge in [0.15, 0.2) is 0 Å². The number of hydrogen-bond acceptors (Lipinski definition) is 5. The highest BCUT2D eigenvalue weighted by atomic mass is 19.1. The van der Waals surface area contributed by atoms with Gasteiger partial charge in [-0.05, 0) is 30.3 Å². The van der Waals surface area contributed by atoms with Gasteiger partial charge in [-0.3, -0.25) is 4.79 Å². The zero-order chi connectivity index (χ0) is 15.4. The third-order valence-electron chi connectivity index (χ3n) is 2.70. The van der Waals surface area contributed by atoms with E-state index >= 15 is 0 Å². The Bertz CT molecular complexity index is 789. The van der Waals surface area contributed by atoms with E-state index < -0.39 is 11.7 Å². The topological polar surface area (TPSA) is 80.0 Å². The smallest absolute Gasteiger partial charge is 0.320 e. The lowest BCUT2D eigenvalue weighted by Gasteiger charge is -2.02. The normalized spacial score (nSPS) is 10.2. The number of benzene rings is 2. The van der Waals surface area contributed by atoms with Crippen LogP contribution in [0, 0.1) is 11.9 Å². The second kappa shape index (κ2) is 6.04. The van der Waals surface area contributed by atoms with Gasteiger partial charge in [0.25, 0.3) is 0 Å². The van der Waals surface area contributed by atoms with Crippen LogP contribution in [0.25, 0.3) is 0 Å². The molecule has 3 aromatic rings. The Morgan fingerprint density at radius 2 is 2.05 bits per heavy atom. The van der Waals surface area contributed by atoms with E-state index in [0.29, 0.717) is 5.69 Å². The predicted octanol–water partition coefficient (Wildman–Crippen LogP) is 3.00. The van der Waals surface area contributed by atoms with Crippen LogP contribution >= 0.6 is 0 Å². The third kappa shape index (κ3) is 3.09. The first-order valence-corrected chi connectivity index (χ1v) is 6.35. The third-order valence-corrected chi connectivity index (χ3v) is 2.70. The van der Waals surface area contributed by atoms with Crippen LogP contribution < -0.4 is 10.6 Å². The molecular formula is C15H10FN4O2. The van der Waals surface area contributed by atoms with E-state index in [9.17, 15) is 9.18 Å². The van der Waals surface area contributed by atoms with Crippen LogP contribution in [0.4, 0.5) is 21.8 Å². The molecule has 0 aliphatic rings. The summed E-state index contributed by atoms with van der Waals surface area (Å²) in [5, 5.41) is 12.5. The highest BCUT2D eigenvalue weighted by molar-refractivity contribution is 6.00. The van der Waals surface area contributed by atoms with Gasteiger partial charge < -0.3 is 15.1 Å². The molecule has 0 unspecified atom stereocenters. The number of rotatable bonds is 4. The van der Waals surface area contributed by atoms with Crippen molar-refractivity contribution in [3.8, 4) is 0 Å². The first kappa shape index (κ1) is 13.7. The van der Waals surface area contributed by atoms with Crippen LogP contribution in [-0.4, -0.2) is 16.1 Å². The molecule has 0 bridgehead atoms. The van der Waals surface area contributed by atoms with Crippen molar-refractivity contribution in [3.63, 3.8) is 0 Å². The molecule has 7 heteroatoms. The highest BCUT2D eigenvalue weighted by Crippen LogP contribution is 2.18. The molecule has 2 N–H and O–H groups in total. The molecular weight excluding hydrogens is 287 g/mol. The lowest BCUT2D eigenvalue weighted by atomic mass is 10.3. The minimum Gasteiger partial charge on any atom is -0.399 e. The summed E-state index contributed by atoms with van der Waals surface area (Å²) in [6.45, 7) is 0. The van der Waals surface area contributed by atoms with Gasteiger partial charge in [0.05, 0.1) is 5.69 Å². The van der Waals surface area contributed by atoms with E-state index in [2.05, 4.69) is 26.9 Å². The van der Waals surface area contributed by atoms with Gasteiger partial charge in [-0.1, -0.05) is 29.4 Å². The molecule has 22 heavy (non-hydrogen) atoms. The zero-order valence-electron chi connectivity index (χ0n) is 11.2. The predicted molar refractivity (Wildman–Crippen MR) is 77.2 cm³/mol. The quantitative estimate of drug-likeness (QED) is 0.773. The average Bonchev–Trinajstić information content (AvgIpc) is 2.99. The SMILES string of the molecule is O=C(Nc1c[c]ccc1)c1nnc(Nc2ccccc2F)o1. The first-order valence-electron chi connectivity index (χ1n) is 6.35. The number of nitrogens with one attached hydrogen (secondary N) is 2. The second-order valence-corrected chi connectivity index (χ2v) is 4.26. The van der Waals surface area contributed by atoms with Crippen LogP contribution in [0.5, 0.6) is 0 Å². The maximum absolute atomic E-state index is 13.5. The van der Waals surface area contributed by atoms with E-state index in [-0.39, 0.29) is 17.6 Å². The highest BCUT2D eigenvalue weighted by Gasteiger charge is 2.15. The van der Waals surface area contributed by atoms with Gasteiger partial charge in [0.2, 0.25) is 0 Å². The molecule has 3 rings (SSSR count). The summed E-state index contributed by atoms with van der Waals surface area (Å²) in [5.41, 5.74) is 0.727. The molecule has 0 fully saturated rings. The van der Waals surface area contributed by atoms with Gasteiger partial charge in [-0.15, -0.1) is 5.10 Å². The molecule has 1 radical (unpaired) electrons. The zero-order valence-corrected chi connectivity index (χ0v) is 11.2. The Labute approximate surface area is 125 Å². The fourth-order valence-electron chi connectivity index (χ4n) is 1.70. The number of carbonyl (C=O) groups is 1. The van der Waals surface area contributed by atoms with Gasteiger partial charge >= 0.3 is 17.8 Å². The standard InChI is InChI=1S/C15H10FN4O2/c16-11-8-4-5-9-12(11)18-15-20-19-14(22-15)13(21)17-10-6-2-1-3-7-10/h1-2,4-9H,(H,17,21)(H,18,20). The molecule has 0 aliphatic carbocycles. The molecule has 0 aliphatic heterocycles. The summed E-state index contributed by atoms with van der Waals surface area (Å²) in [7, 11) is 0. The number of hydrogen-bond donors (Lipinski definition) is 2. The summed E-state index contributed by atoms with van der Waals surface area (Å²) < 4.78 is 18.6. The molecule has 1 aromatic heterocycles. The summed E-state index contributed by atoms with van der Waals surface area (Å²) in [6, 6.07) is 15.5. The summed E-state index contributed by atoms with van der Waals surface area (Å²) in [6.07, 6.45) is 0. The van der Waals surface area contributed by atoms with E-state index in [1.807, 2.05) is 0 Å². The van der Waals surface area contributed by atoms with Gasteiger partial charge in [-0.25, -0.2) is 4.39 Å². The molecule has 1 heterocycles. The Hall–Kier alpha value is -3.22. The van der Waals surface area contributed by atoms with Gasteiger partial charge in [0, 0.05) is 5.69 Å². The van der Waals surface area contributed by atoms with Crippen molar-refractivity contribution in [1.82, 2.24) is 10.2 Å². The second-order valence-electron chi connectivity index (χ2n) is 4.26. The van der Waals surface area contributed by atoms with Crippen LogP contribution in [0.3, 0.4) is 0 Å². The fourth-order valence-corrected chi connectivity index (χ4v) is 1.70. The molecule has 0 spiro atoms. The largest absolute Gasteiger partial charge is 0.399 e. The Morgan fingerprint density at radius 1 is 1.18 bits per heavy atom. The van der Waals surface area contributed by atoms with E-state index in [1.165, 1.54) is 12.1 Å². The van der Waals surface area contributed by atoms with Crippen molar-refractivity contribution in [2.24, 2.45) is 0 Å². The van der Waals surface area contributed by atoms with Crippen LogP contribution in [-0.2, 0) is 0 Å². The molecule has 0 atom stereocenters. The van der Waals surface area contributed by atoms with Crippen molar-refractivity contribution in [2.75, 3.05) is 10.6 Å². The minimum absolute atomic E-state index is 0.0742. The van der Waals surface area contributed by atoms with Crippen molar-refractivity contribution in [2.45, 2.75) is 0 Å². The van der Waals surface area contributed by atoms with Crippen LogP contribution in [0.2, 0.25) is 0 Å². The van der Waals surface area contributed by atoms with Crippen molar-refractivity contribution in [1.29, 1.82) is 0 Å². The number of anilines is 3. The number of carbonyl (C=O) groups excluding carboxylic acids is 1. The molecule has 2 aromatic carbocycles. The monoisotopic (exact) mass is 297 g/mol. The molecule has 0 saturated carbocycles.